The highest BCUT2D eigenvalue weighted by Gasteiger charge is 2.52. The highest BCUT2D eigenvalue weighted by Crippen LogP contribution is 2.63. The lowest BCUT2D eigenvalue weighted by Gasteiger charge is -2.39. The van der Waals surface area contributed by atoms with E-state index in [0.29, 0.717) is 67.5 Å². The normalized spacial score (nSPS) is 28.5. The summed E-state index contributed by atoms with van der Waals surface area (Å²) in [6.07, 6.45) is 17.4. The molecule has 12 nitrogen and oxygen atoms in total. The number of hydrogen-bond acceptors (Lipinski definition) is 14. The van der Waals surface area contributed by atoms with Gasteiger partial charge in [0.2, 0.25) is 0 Å². The second-order valence-corrected chi connectivity index (χ2v) is 24.3. The van der Waals surface area contributed by atoms with Gasteiger partial charge < -0.3 is 55.6 Å². The van der Waals surface area contributed by atoms with Crippen LogP contribution in [0, 0.1) is 23.7 Å². The molecule has 11 rings (SSSR count). The number of ether oxygens (including phenoxy) is 5. The van der Waals surface area contributed by atoms with Gasteiger partial charge in [-0.05, 0) is 129 Å². The second kappa shape index (κ2) is 21.5. The zero-order chi connectivity index (χ0) is 50.4. The monoisotopic (exact) mass is 1030 g/mol. The number of phenolic OH excluding ortho intramolecular Hbond substituents is 2. The molecular weight excluding hydrogens is 957 g/mol. The molecule has 3 aromatic rings. The number of phenols is 2. The van der Waals surface area contributed by atoms with Gasteiger partial charge in [-0.1, -0.05) is 71.2 Å². The standard InChI is InChI=1S/C59H72N4O8S2/c1-5-36-24-37-22-34-18-19-59(27-34)28-38-25-40(65)26-49(68-4)51(38)43-15-14-42-46(30-69-33(2)64)55(71-56(42)53(43)59)52-41(12-9-13-47(37)63-58(36)60)45(29-61-20-6-7-21-67-3)54(66)57-44(52)16-17-48-50(70-57)32-73-72-31-35-10-8-11-39(23-35)62-48/h14-17,24-26,34-35,39,46,48,50,55,58,61-63,65-66H,5-8,10-12,18-23,27-32,60H2,1-4H3. The van der Waals surface area contributed by atoms with Crippen molar-refractivity contribution < 1.29 is 38.7 Å². The fraction of sp³-hybridized carbons (Fsp3) is 0.542. The number of esters is 1. The summed E-state index contributed by atoms with van der Waals surface area (Å²) in [4.78, 5) is 13.0. The molecule has 0 amide bonds. The Labute approximate surface area is 438 Å². The van der Waals surface area contributed by atoms with E-state index in [1.54, 1.807) is 20.3 Å². The van der Waals surface area contributed by atoms with Crippen LogP contribution in [0.2, 0.25) is 0 Å². The number of nitrogens with two attached hydrogens (primary N) is 1. The van der Waals surface area contributed by atoms with Gasteiger partial charge in [0, 0.05) is 96.0 Å². The molecule has 3 fully saturated rings. The summed E-state index contributed by atoms with van der Waals surface area (Å²) in [5, 5.41) is 35.5. The van der Waals surface area contributed by atoms with Crippen LogP contribution < -0.4 is 35.9 Å². The lowest BCUT2D eigenvalue weighted by atomic mass is 9.65. The summed E-state index contributed by atoms with van der Waals surface area (Å²) in [7, 11) is 7.20. The molecule has 14 heteroatoms. The average Bonchev–Trinajstić information content (AvgIpc) is 3.90. The van der Waals surface area contributed by atoms with Crippen molar-refractivity contribution in [1.82, 2.24) is 16.0 Å². The Kier molecular flexibility index (Phi) is 14.8. The predicted octanol–water partition coefficient (Wildman–Crippen LogP) is 9.78. The number of methoxy groups -OCH3 is 2. The van der Waals surface area contributed by atoms with Crippen LogP contribution in [-0.2, 0) is 39.1 Å². The van der Waals surface area contributed by atoms with Crippen molar-refractivity contribution in [2.75, 3.05) is 45.5 Å². The molecule has 5 aliphatic heterocycles. The number of fused-ring (bicyclic) bond motifs is 11. The van der Waals surface area contributed by atoms with Gasteiger partial charge in [0.15, 0.2) is 11.5 Å². The van der Waals surface area contributed by atoms with Crippen molar-refractivity contribution in [3.8, 4) is 51.7 Å². The molecule has 3 aromatic carbocycles. The van der Waals surface area contributed by atoms with Crippen molar-refractivity contribution in [1.29, 1.82) is 0 Å². The van der Waals surface area contributed by atoms with E-state index in [0.717, 1.165) is 131 Å². The van der Waals surface area contributed by atoms with E-state index in [9.17, 15) is 15.0 Å². The third-order valence-corrected chi connectivity index (χ3v) is 19.7. The Morgan fingerprint density at radius 1 is 1.07 bits per heavy atom. The van der Waals surface area contributed by atoms with Crippen LogP contribution in [0.4, 0.5) is 0 Å². The summed E-state index contributed by atoms with van der Waals surface area (Å²) >= 11 is 0. The molecule has 8 aliphatic rings. The topological polar surface area (TPSA) is 166 Å². The molecular formula is C59H72N4O8S2. The Bertz CT molecular complexity index is 2800. The third kappa shape index (κ3) is 9.76. The molecule has 6 bridgehead atoms. The molecule has 1 saturated heterocycles. The first-order valence-electron chi connectivity index (χ1n) is 26.8. The summed E-state index contributed by atoms with van der Waals surface area (Å²) < 4.78 is 32.7. The SMILES string of the molecule is CCC1=CC2=C(C#CCc3c(CNCCCCOC)c(O)c4c(c3C3Oc5c(ccc6c5C5(CCC(C2)C5)Cc2cc(O)cc(OC)c2-6)C3COC(C)=O)C=CC2NC3CCCC(CSSCC2O4)C3)NC1N. The molecule has 0 aromatic heterocycles. The second-order valence-electron chi connectivity index (χ2n) is 21.7. The van der Waals surface area contributed by atoms with Crippen LogP contribution in [-0.4, -0.2) is 86.0 Å². The minimum absolute atomic E-state index is 0.0846. The molecule has 5 heterocycles. The van der Waals surface area contributed by atoms with E-state index < -0.39 is 12.0 Å². The Morgan fingerprint density at radius 3 is 2.78 bits per heavy atom. The first-order chi connectivity index (χ1) is 35.6. The molecule has 3 aliphatic carbocycles. The van der Waals surface area contributed by atoms with Gasteiger partial charge in [-0.25, -0.2) is 0 Å². The number of benzene rings is 3. The fourth-order valence-corrected chi connectivity index (χ4v) is 16.3. The van der Waals surface area contributed by atoms with Crippen LogP contribution >= 0.6 is 21.6 Å². The number of unbranched alkanes of at least 4 members (excludes halogenated alkanes) is 1. The lowest BCUT2D eigenvalue weighted by Crippen LogP contribution is -2.49. The number of nitrogens with one attached hydrogen (secondary N) is 3. The minimum atomic E-state index is -0.664. The summed E-state index contributed by atoms with van der Waals surface area (Å²) in [5.74, 6) is 11.5. The van der Waals surface area contributed by atoms with Crippen molar-refractivity contribution >= 4 is 33.6 Å². The number of allylic oxidation sites excluding steroid dienone is 3. The van der Waals surface area contributed by atoms with Gasteiger partial charge in [-0.2, -0.15) is 0 Å². The van der Waals surface area contributed by atoms with Gasteiger partial charge >= 0.3 is 5.97 Å². The average molecular weight is 1030 g/mol. The lowest BCUT2D eigenvalue weighted by molar-refractivity contribution is -0.141. The number of hydrogen-bond donors (Lipinski definition) is 6. The third-order valence-electron chi connectivity index (χ3n) is 17.1. The fourth-order valence-electron chi connectivity index (χ4n) is 13.7. The zero-order valence-corrected chi connectivity index (χ0v) is 44.5. The highest BCUT2D eigenvalue weighted by molar-refractivity contribution is 8.76. The van der Waals surface area contributed by atoms with Gasteiger partial charge in [0.05, 0.1) is 30.9 Å². The number of carbonyl (C=O) groups is 1. The van der Waals surface area contributed by atoms with E-state index in [2.05, 4.69) is 65.1 Å². The first kappa shape index (κ1) is 50.4. The van der Waals surface area contributed by atoms with Crippen LogP contribution in [0.3, 0.4) is 0 Å². The highest BCUT2D eigenvalue weighted by atomic mass is 33.1. The molecule has 7 N–H and O–H groups in total. The van der Waals surface area contributed by atoms with Crippen LogP contribution in [0.5, 0.6) is 28.7 Å². The van der Waals surface area contributed by atoms with Gasteiger partial charge in [-0.3, -0.25) is 4.79 Å². The maximum Gasteiger partial charge on any atom is 0.302 e. The minimum Gasteiger partial charge on any atom is -0.508 e. The molecule has 2 saturated carbocycles. The number of dihydropyridines is 1. The van der Waals surface area contributed by atoms with Crippen LogP contribution in [0.1, 0.15) is 135 Å². The largest absolute Gasteiger partial charge is 0.508 e. The van der Waals surface area contributed by atoms with Crippen molar-refractivity contribution in [2.45, 2.75) is 146 Å². The molecule has 388 valence electrons. The van der Waals surface area contributed by atoms with E-state index in [1.807, 2.05) is 27.7 Å². The van der Waals surface area contributed by atoms with E-state index in [-0.39, 0.29) is 47.8 Å². The number of rotatable bonds is 11. The van der Waals surface area contributed by atoms with Crippen LogP contribution in [0.15, 0.2) is 53.3 Å². The smallest absolute Gasteiger partial charge is 0.302 e. The molecule has 1 spiro atoms. The van der Waals surface area contributed by atoms with Crippen molar-refractivity contribution in [2.24, 2.45) is 17.6 Å². The maximum atomic E-state index is 13.0. The molecule has 73 heavy (non-hydrogen) atoms. The quantitative estimate of drug-likeness (QED) is 0.0465. The Morgan fingerprint density at radius 2 is 1.95 bits per heavy atom. The summed E-state index contributed by atoms with van der Waals surface area (Å²) in [6, 6.07) is 8.26. The first-order valence-corrected chi connectivity index (χ1v) is 29.3. The van der Waals surface area contributed by atoms with Gasteiger partial charge in [0.25, 0.3) is 0 Å². The Balaban J connectivity index is 1.15. The van der Waals surface area contributed by atoms with Gasteiger partial charge in [-0.15, -0.1) is 0 Å². The summed E-state index contributed by atoms with van der Waals surface area (Å²) in [6.45, 7) is 5.46. The van der Waals surface area contributed by atoms with Crippen molar-refractivity contribution in [3.63, 3.8) is 0 Å². The van der Waals surface area contributed by atoms with E-state index in [1.165, 1.54) is 25.3 Å². The van der Waals surface area contributed by atoms with E-state index >= 15 is 0 Å². The van der Waals surface area contributed by atoms with Crippen LogP contribution in [0.25, 0.3) is 17.2 Å². The maximum absolute atomic E-state index is 13.0. The predicted molar refractivity (Wildman–Crippen MR) is 290 cm³/mol. The zero-order valence-electron chi connectivity index (χ0n) is 42.8. The molecule has 9 unspecified atom stereocenters. The number of aromatic hydroxyl groups is 2. The number of carbonyl (C=O) groups excluding carboxylic acids is 1. The van der Waals surface area contributed by atoms with Gasteiger partial charge in [0.1, 0.15) is 36.1 Å². The molecule has 0 radical (unpaired) electrons. The molecule has 9 atom stereocenters. The summed E-state index contributed by atoms with van der Waals surface area (Å²) in [5.41, 5.74) is 18.1. The van der Waals surface area contributed by atoms with Crippen molar-refractivity contribution in [3.05, 3.63) is 92.2 Å². The van der Waals surface area contributed by atoms with E-state index in [4.69, 9.17) is 29.4 Å². The Hall–Kier alpha value is -4.75.